The van der Waals surface area contributed by atoms with Gasteiger partial charge in [0.15, 0.2) is 0 Å². The van der Waals surface area contributed by atoms with Gasteiger partial charge in [-0.25, -0.2) is 0 Å². The molecule has 2 N–H and O–H groups in total. The highest BCUT2D eigenvalue weighted by molar-refractivity contribution is 6.47. The van der Waals surface area contributed by atoms with Gasteiger partial charge in [0, 0.05) is 29.1 Å². The molecular formula is C31H36ClN3O4. The van der Waals surface area contributed by atoms with Crippen LogP contribution in [0.25, 0.3) is 0 Å². The number of benzene rings is 2. The lowest BCUT2D eigenvalue weighted by Crippen LogP contribution is -2.50. The summed E-state index contributed by atoms with van der Waals surface area (Å²) >= 11 is 6.29. The van der Waals surface area contributed by atoms with E-state index in [2.05, 4.69) is 38.2 Å². The highest BCUT2D eigenvalue weighted by atomic mass is 35.5. The topological polar surface area (TPSA) is 99.1 Å². The number of halogens is 1. The fourth-order valence-electron chi connectivity index (χ4n) is 5.49. The fraction of sp³-hybridized carbons (Fsp3) is 0.419. The molecule has 1 spiro atoms. The van der Waals surface area contributed by atoms with Crippen molar-refractivity contribution in [1.29, 1.82) is 0 Å². The van der Waals surface area contributed by atoms with E-state index >= 15 is 0 Å². The Balaban J connectivity index is 1.70. The van der Waals surface area contributed by atoms with Gasteiger partial charge in [-0.15, -0.1) is 0 Å². The van der Waals surface area contributed by atoms with Gasteiger partial charge in [-0.3, -0.25) is 19.4 Å². The van der Waals surface area contributed by atoms with Crippen LogP contribution in [0, 0.1) is 11.8 Å². The van der Waals surface area contributed by atoms with Gasteiger partial charge >= 0.3 is 5.97 Å². The first-order valence-corrected chi connectivity index (χ1v) is 13.9. The van der Waals surface area contributed by atoms with Crippen molar-refractivity contribution >= 4 is 35.1 Å². The van der Waals surface area contributed by atoms with Crippen molar-refractivity contribution in [2.75, 3.05) is 6.54 Å². The maximum Gasteiger partial charge on any atom is 0.305 e. The monoisotopic (exact) mass is 549 g/mol. The number of aliphatic carboxylic acids is 1. The second-order valence-electron chi connectivity index (χ2n) is 11.0. The zero-order valence-electron chi connectivity index (χ0n) is 22.7. The van der Waals surface area contributed by atoms with E-state index in [-0.39, 0.29) is 36.7 Å². The lowest BCUT2D eigenvalue weighted by atomic mass is 9.84. The minimum absolute atomic E-state index is 0.0626. The fourth-order valence-corrected chi connectivity index (χ4v) is 5.68. The Morgan fingerprint density at radius 2 is 1.92 bits per heavy atom. The predicted molar refractivity (Wildman–Crippen MR) is 153 cm³/mol. The number of carbonyl (C=O) groups excluding carboxylic acids is 2. The second kappa shape index (κ2) is 12.2. The highest BCUT2D eigenvalue weighted by Crippen LogP contribution is 2.45. The summed E-state index contributed by atoms with van der Waals surface area (Å²) < 4.78 is 0. The van der Waals surface area contributed by atoms with Crippen LogP contribution in [0.4, 0.5) is 0 Å². The Bertz CT molecular complexity index is 1290. The number of hydrogen-bond acceptors (Lipinski definition) is 4. The van der Waals surface area contributed by atoms with Crippen LogP contribution in [0.1, 0.15) is 80.4 Å². The normalized spacial score (nSPS) is 21.4. The predicted octanol–water partition coefficient (Wildman–Crippen LogP) is 6.04. The Labute approximate surface area is 235 Å². The largest absolute Gasteiger partial charge is 0.481 e. The number of allylic oxidation sites excluding steroid dienone is 1. The van der Waals surface area contributed by atoms with E-state index in [0.29, 0.717) is 34.2 Å². The molecule has 1 aliphatic heterocycles. The number of hydrogen-bond donors (Lipinski definition) is 2. The summed E-state index contributed by atoms with van der Waals surface area (Å²) in [7, 11) is 0. The summed E-state index contributed by atoms with van der Waals surface area (Å²) in [6.45, 7) is 6.55. The molecule has 1 heterocycles. The molecule has 206 valence electrons. The van der Waals surface area contributed by atoms with Crippen molar-refractivity contribution in [3.8, 4) is 0 Å². The molecule has 0 fully saturated rings. The number of amides is 2. The molecule has 0 saturated carbocycles. The number of carboxylic acid groups (broad SMARTS) is 1. The van der Waals surface area contributed by atoms with Gasteiger partial charge in [0.1, 0.15) is 11.4 Å². The van der Waals surface area contributed by atoms with Crippen LogP contribution in [0.2, 0.25) is 5.02 Å². The first-order valence-electron chi connectivity index (χ1n) is 13.6. The molecule has 0 radical (unpaired) electrons. The number of aliphatic imine (C=N–C) groups is 1. The van der Waals surface area contributed by atoms with Crippen LogP contribution in [0.3, 0.4) is 0 Å². The van der Waals surface area contributed by atoms with E-state index in [9.17, 15) is 14.4 Å². The molecule has 1 aliphatic carbocycles. The molecule has 0 aromatic heterocycles. The average molecular weight is 550 g/mol. The summed E-state index contributed by atoms with van der Waals surface area (Å²) in [4.78, 5) is 44.6. The van der Waals surface area contributed by atoms with Crippen LogP contribution in [0.15, 0.2) is 65.7 Å². The van der Waals surface area contributed by atoms with Gasteiger partial charge in [-0.1, -0.05) is 68.8 Å². The minimum atomic E-state index is -0.964. The smallest absolute Gasteiger partial charge is 0.305 e. The van der Waals surface area contributed by atoms with Gasteiger partial charge in [0.2, 0.25) is 0 Å². The Morgan fingerprint density at radius 3 is 2.56 bits per heavy atom. The molecule has 2 unspecified atom stereocenters. The van der Waals surface area contributed by atoms with Gasteiger partial charge in [-0.2, -0.15) is 0 Å². The molecule has 2 aromatic carbocycles. The van der Waals surface area contributed by atoms with Crippen molar-refractivity contribution in [1.82, 2.24) is 10.2 Å². The maximum absolute atomic E-state index is 14.2. The minimum Gasteiger partial charge on any atom is -0.481 e. The lowest BCUT2D eigenvalue weighted by Gasteiger charge is -2.44. The third-order valence-electron chi connectivity index (χ3n) is 7.36. The first-order chi connectivity index (χ1) is 18.6. The number of nitrogens with one attached hydrogen (secondary N) is 1. The Kier molecular flexibility index (Phi) is 8.90. The number of rotatable bonds is 10. The molecule has 2 aromatic rings. The molecule has 7 nitrogen and oxygen atoms in total. The summed E-state index contributed by atoms with van der Waals surface area (Å²) in [5.41, 5.74) is 1.84. The highest BCUT2D eigenvalue weighted by Gasteiger charge is 2.51. The van der Waals surface area contributed by atoms with Crippen molar-refractivity contribution in [2.45, 2.75) is 64.6 Å². The van der Waals surface area contributed by atoms with Crippen molar-refractivity contribution in [3.63, 3.8) is 0 Å². The van der Waals surface area contributed by atoms with Gasteiger partial charge < -0.3 is 15.3 Å². The van der Waals surface area contributed by atoms with E-state index in [1.165, 1.54) is 0 Å². The van der Waals surface area contributed by atoms with Gasteiger partial charge in [0.05, 0.1) is 12.5 Å². The van der Waals surface area contributed by atoms with Crippen molar-refractivity contribution in [2.24, 2.45) is 16.8 Å². The molecular weight excluding hydrogens is 514 g/mol. The number of nitrogens with zero attached hydrogens (tertiary/aromatic N) is 2. The van der Waals surface area contributed by atoms with Crippen LogP contribution < -0.4 is 5.32 Å². The van der Waals surface area contributed by atoms with Crippen molar-refractivity contribution in [3.05, 3.63) is 82.4 Å². The van der Waals surface area contributed by atoms with E-state index in [4.69, 9.17) is 21.7 Å². The second-order valence-corrected chi connectivity index (χ2v) is 11.4. The number of carboxylic acids is 1. The Morgan fingerprint density at radius 1 is 1.18 bits per heavy atom. The molecule has 0 saturated heterocycles. The molecule has 0 bridgehead atoms. The van der Waals surface area contributed by atoms with E-state index in [1.807, 2.05) is 29.2 Å². The third kappa shape index (κ3) is 6.59. The van der Waals surface area contributed by atoms with Gasteiger partial charge in [-0.05, 0) is 60.9 Å². The van der Waals surface area contributed by atoms with Crippen LogP contribution in [0.5, 0.6) is 0 Å². The zero-order chi connectivity index (χ0) is 28.2. The SMILES string of the molecule is CC(C)CC[C@H](c1ccc(C(=O)NCCC(=O)O)cc1)N1C(=O)C(c2cccc(Cl)c2)=NC12CC=CC(C)C2. The summed E-state index contributed by atoms with van der Waals surface area (Å²) in [5.74, 6) is -0.691. The maximum atomic E-state index is 14.2. The molecule has 39 heavy (non-hydrogen) atoms. The molecule has 4 rings (SSSR count). The molecule has 3 atom stereocenters. The number of carbonyl (C=O) groups is 3. The summed E-state index contributed by atoms with van der Waals surface area (Å²) in [5, 5.41) is 12.0. The molecule has 2 amide bonds. The van der Waals surface area contributed by atoms with Gasteiger partial charge in [0.25, 0.3) is 11.8 Å². The summed E-state index contributed by atoms with van der Waals surface area (Å²) in [6, 6.07) is 14.3. The first kappa shape index (κ1) is 28.6. The van der Waals surface area contributed by atoms with E-state index < -0.39 is 11.6 Å². The van der Waals surface area contributed by atoms with Crippen molar-refractivity contribution < 1.29 is 19.5 Å². The van der Waals surface area contributed by atoms with E-state index in [1.54, 1.807) is 24.3 Å². The quantitative estimate of drug-likeness (QED) is 0.353. The van der Waals surface area contributed by atoms with Crippen LogP contribution in [-0.2, 0) is 9.59 Å². The van der Waals surface area contributed by atoms with Crippen LogP contribution in [-0.4, -0.2) is 45.7 Å². The zero-order valence-corrected chi connectivity index (χ0v) is 23.4. The average Bonchev–Trinajstić information content (AvgIpc) is 3.15. The Hall–Kier alpha value is -3.45. The molecule has 8 heteroatoms. The van der Waals surface area contributed by atoms with Crippen LogP contribution >= 0.6 is 11.6 Å². The standard InChI is InChI=1S/C31H36ClN3O4/c1-20(2)9-14-26(22-10-12-23(13-11-22)29(38)33-17-15-27(36)37)35-30(39)28(24-7-4-8-25(32)18-24)34-31(35)16-5-6-21(3)19-31/h4-8,10-13,18,20-21,26H,9,14-17,19H2,1-3H3,(H,33,38)(H,36,37)/t21?,26-,31?/m1/s1. The third-order valence-corrected chi connectivity index (χ3v) is 7.59. The summed E-state index contributed by atoms with van der Waals surface area (Å²) in [6.07, 6.45) is 7.20. The van der Waals surface area contributed by atoms with E-state index in [0.717, 1.165) is 24.8 Å². The lowest BCUT2D eigenvalue weighted by molar-refractivity contribution is -0.137. The molecule has 2 aliphatic rings.